The largest absolute Gasteiger partial charge is 0.352 e. The summed E-state index contributed by atoms with van der Waals surface area (Å²) in [5.41, 5.74) is 1.70. The fourth-order valence-electron chi connectivity index (χ4n) is 3.54. The third-order valence-corrected chi connectivity index (χ3v) is 5.64. The van der Waals surface area contributed by atoms with Gasteiger partial charge in [-0.05, 0) is 55.3 Å². The van der Waals surface area contributed by atoms with Crippen LogP contribution in [0.2, 0.25) is 10.0 Å². The molecular weight excluding hydrogens is 425 g/mol. The standard InChI is InChI=1S/C21H21Cl2N5O2/c22-16-3-4-17(18(23)10-16)20-26-19(30-27-20)13-28-9-1-2-15(12-28)21(29)25-11-14-5-7-24-8-6-14/h3-8,10,15H,1-2,9,11-13H2,(H,25,29). The van der Waals surface area contributed by atoms with Crippen molar-refractivity contribution < 1.29 is 9.32 Å². The molecule has 1 saturated heterocycles. The number of hydrogen-bond acceptors (Lipinski definition) is 6. The molecule has 156 valence electrons. The summed E-state index contributed by atoms with van der Waals surface area (Å²) in [6.45, 7) is 2.54. The minimum absolute atomic E-state index is 0.0614. The lowest BCUT2D eigenvalue weighted by atomic mass is 9.97. The van der Waals surface area contributed by atoms with Gasteiger partial charge in [0.2, 0.25) is 17.6 Å². The Labute approximate surface area is 184 Å². The Bertz CT molecular complexity index is 1010. The summed E-state index contributed by atoms with van der Waals surface area (Å²) in [7, 11) is 0. The van der Waals surface area contributed by atoms with Gasteiger partial charge in [-0.15, -0.1) is 0 Å². The van der Waals surface area contributed by atoms with Crippen LogP contribution in [0.1, 0.15) is 24.3 Å². The normalized spacial score (nSPS) is 17.1. The second-order valence-electron chi connectivity index (χ2n) is 7.28. The maximum atomic E-state index is 12.6. The van der Waals surface area contributed by atoms with Crippen molar-refractivity contribution in [2.45, 2.75) is 25.9 Å². The van der Waals surface area contributed by atoms with Gasteiger partial charge in [-0.25, -0.2) is 0 Å². The zero-order chi connectivity index (χ0) is 20.9. The van der Waals surface area contributed by atoms with Gasteiger partial charge >= 0.3 is 0 Å². The van der Waals surface area contributed by atoms with E-state index in [0.717, 1.165) is 24.9 Å². The fourth-order valence-corrected chi connectivity index (χ4v) is 4.03. The van der Waals surface area contributed by atoms with E-state index in [1.165, 1.54) is 0 Å². The number of pyridine rings is 1. The lowest BCUT2D eigenvalue weighted by Crippen LogP contribution is -2.42. The Morgan fingerprint density at radius 1 is 1.23 bits per heavy atom. The zero-order valence-electron chi connectivity index (χ0n) is 16.2. The van der Waals surface area contributed by atoms with Gasteiger partial charge in [0.15, 0.2) is 0 Å². The number of carbonyl (C=O) groups is 1. The molecule has 3 aromatic rings. The average molecular weight is 446 g/mol. The quantitative estimate of drug-likeness (QED) is 0.617. The first-order valence-corrected chi connectivity index (χ1v) is 10.5. The molecule has 0 saturated carbocycles. The second kappa shape index (κ2) is 9.55. The Balaban J connectivity index is 1.34. The number of nitrogens with zero attached hydrogens (tertiary/aromatic N) is 4. The van der Waals surface area contributed by atoms with E-state index < -0.39 is 0 Å². The molecule has 4 rings (SSSR count). The van der Waals surface area contributed by atoms with E-state index in [9.17, 15) is 4.79 Å². The maximum Gasteiger partial charge on any atom is 0.241 e. The van der Waals surface area contributed by atoms with E-state index in [1.807, 2.05) is 12.1 Å². The van der Waals surface area contributed by atoms with E-state index >= 15 is 0 Å². The number of aromatic nitrogens is 3. The molecule has 0 radical (unpaired) electrons. The number of amides is 1. The molecule has 0 aliphatic carbocycles. The highest BCUT2D eigenvalue weighted by atomic mass is 35.5. The topological polar surface area (TPSA) is 84.2 Å². The molecule has 3 heterocycles. The Morgan fingerprint density at radius 2 is 2.07 bits per heavy atom. The van der Waals surface area contributed by atoms with Crippen LogP contribution >= 0.6 is 23.2 Å². The molecule has 30 heavy (non-hydrogen) atoms. The first-order valence-electron chi connectivity index (χ1n) is 9.75. The van der Waals surface area contributed by atoms with Gasteiger partial charge < -0.3 is 9.84 Å². The van der Waals surface area contributed by atoms with Crippen LogP contribution in [0.5, 0.6) is 0 Å². The number of benzene rings is 1. The van der Waals surface area contributed by atoms with Crippen LogP contribution in [0, 0.1) is 5.92 Å². The van der Waals surface area contributed by atoms with Crippen molar-refractivity contribution in [3.8, 4) is 11.4 Å². The molecule has 0 spiro atoms. The van der Waals surface area contributed by atoms with Crippen LogP contribution in [0.15, 0.2) is 47.2 Å². The molecule has 1 aliphatic heterocycles. The Kier molecular flexibility index (Phi) is 6.62. The number of halogens is 2. The van der Waals surface area contributed by atoms with E-state index in [-0.39, 0.29) is 11.8 Å². The van der Waals surface area contributed by atoms with Crippen molar-refractivity contribution in [2.24, 2.45) is 5.92 Å². The Hall–Kier alpha value is -2.48. The van der Waals surface area contributed by atoms with Gasteiger partial charge in [0.25, 0.3) is 0 Å². The van der Waals surface area contributed by atoms with E-state index in [0.29, 0.717) is 47.0 Å². The Morgan fingerprint density at radius 3 is 2.87 bits per heavy atom. The van der Waals surface area contributed by atoms with Crippen LogP contribution in [-0.2, 0) is 17.9 Å². The SMILES string of the molecule is O=C(NCc1ccncc1)C1CCCN(Cc2nc(-c3ccc(Cl)cc3Cl)no2)C1. The molecular formula is C21H21Cl2N5O2. The first-order chi connectivity index (χ1) is 14.6. The average Bonchev–Trinajstić information content (AvgIpc) is 3.21. The van der Waals surface area contributed by atoms with Crippen molar-refractivity contribution >= 4 is 29.1 Å². The molecule has 1 aromatic carbocycles. The van der Waals surface area contributed by atoms with Crippen LogP contribution in [0.3, 0.4) is 0 Å². The number of hydrogen-bond donors (Lipinski definition) is 1. The molecule has 0 bridgehead atoms. The van der Waals surface area contributed by atoms with Crippen LogP contribution < -0.4 is 5.32 Å². The minimum Gasteiger partial charge on any atom is -0.352 e. The molecule has 1 fully saturated rings. The summed E-state index contributed by atoms with van der Waals surface area (Å²) in [6.07, 6.45) is 5.25. The summed E-state index contributed by atoms with van der Waals surface area (Å²) in [6, 6.07) is 8.94. The molecule has 1 unspecified atom stereocenters. The highest BCUT2D eigenvalue weighted by Crippen LogP contribution is 2.28. The van der Waals surface area contributed by atoms with E-state index in [2.05, 4.69) is 25.3 Å². The van der Waals surface area contributed by atoms with Gasteiger partial charge in [-0.2, -0.15) is 4.98 Å². The molecule has 1 atom stereocenters. The predicted molar refractivity (Wildman–Crippen MR) is 114 cm³/mol. The highest BCUT2D eigenvalue weighted by Gasteiger charge is 2.27. The van der Waals surface area contributed by atoms with Gasteiger partial charge in [0.05, 0.1) is 17.5 Å². The van der Waals surface area contributed by atoms with Gasteiger partial charge in [-0.1, -0.05) is 28.4 Å². The van der Waals surface area contributed by atoms with E-state index in [4.69, 9.17) is 27.7 Å². The van der Waals surface area contributed by atoms with Gasteiger partial charge in [-0.3, -0.25) is 14.7 Å². The lowest BCUT2D eigenvalue weighted by Gasteiger charge is -2.30. The molecule has 1 aliphatic rings. The number of likely N-dealkylation sites (tertiary alicyclic amines) is 1. The summed E-state index contributed by atoms with van der Waals surface area (Å²) in [5.74, 6) is 0.925. The summed E-state index contributed by atoms with van der Waals surface area (Å²) in [4.78, 5) is 23.2. The van der Waals surface area contributed by atoms with E-state index in [1.54, 1.807) is 30.6 Å². The van der Waals surface area contributed by atoms with Crippen LogP contribution in [-0.4, -0.2) is 39.0 Å². The predicted octanol–water partition coefficient (Wildman–Crippen LogP) is 3.97. The minimum atomic E-state index is -0.0614. The van der Waals surface area contributed by atoms with Crippen LogP contribution in [0.25, 0.3) is 11.4 Å². The number of rotatable bonds is 6. The van der Waals surface area contributed by atoms with Crippen molar-refractivity contribution in [3.05, 3.63) is 64.2 Å². The van der Waals surface area contributed by atoms with Crippen molar-refractivity contribution in [3.63, 3.8) is 0 Å². The van der Waals surface area contributed by atoms with Crippen molar-refractivity contribution in [2.75, 3.05) is 13.1 Å². The molecule has 1 amide bonds. The smallest absolute Gasteiger partial charge is 0.241 e. The summed E-state index contributed by atoms with van der Waals surface area (Å²) in [5, 5.41) is 8.08. The molecule has 2 aromatic heterocycles. The van der Waals surface area contributed by atoms with Crippen LogP contribution in [0.4, 0.5) is 0 Å². The second-order valence-corrected chi connectivity index (χ2v) is 8.13. The molecule has 7 nitrogen and oxygen atoms in total. The third kappa shape index (κ3) is 5.16. The molecule has 9 heteroatoms. The summed E-state index contributed by atoms with van der Waals surface area (Å²) < 4.78 is 5.41. The maximum absolute atomic E-state index is 12.6. The number of carbonyl (C=O) groups excluding carboxylic acids is 1. The fraction of sp³-hybridized carbons (Fsp3) is 0.333. The highest BCUT2D eigenvalue weighted by molar-refractivity contribution is 6.36. The number of nitrogens with one attached hydrogen (secondary N) is 1. The van der Waals surface area contributed by atoms with Gasteiger partial charge in [0.1, 0.15) is 0 Å². The molecule has 1 N–H and O–H groups in total. The van der Waals surface area contributed by atoms with Crippen molar-refractivity contribution in [1.29, 1.82) is 0 Å². The lowest BCUT2D eigenvalue weighted by molar-refractivity contribution is -0.127. The van der Waals surface area contributed by atoms with Crippen molar-refractivity contribution in [1.82, 2.24) is 25.3 Å². The van der Waals surface area contributed by atoms with Gasteiger partial charge in [0, 0.05) is 36.1 Å². The first kappa shape index (κ1) is 20.8. The summed E-state index contributed by atoms with van der Waals surface area (Å²) >= 11 is 12.2. The zero-order valence-corrected chi connectivity index (χ0v) is 17.7. The third-order valence-electron chi connectivity index (χ3n) is 5.09. The number of piperidine rings is 1. The monoisotopic (exact) mass is 445 g/mol.